The Balaban J connectivity index is 1.69. The number of Topliss-reactive ketones (excluding diaryl/α,β-unsaturated/α-hetero) is 1. The first-order chi connectivity index (χ1) is 12.1. The number of benzene rings is 1. The number of carboxylic acid groups (broad SMARTS) is 1. The number of hydrogen-bond acceptors (Lipinski definition) is 3. The number of fused-ring (bicyclic) bond motifs is 1. The number of aromatic nitrogens is 2. The average molecular weight is 334 g/mol. The number of aromatic amines is 1. The second-order valence-electron chi connectivity index (χ2n) is 6.56. The molecule has 4 rings (SSSR count). The van der Waals surface area contributed by atoms with Crippen LogP contribution in [0.5, 0.6) is 0 Å². The van der Waals surface area contributed by atoms with Gasteiger partial charge in [-0.15, -0.1) is 0 Å². The van der Waals surface area contributed by atoms with Crippen molar-refractivity contribution in [2.45, 2.75) is 25.7 Å². The van der Waals surface area contributed by atoms with Crippen LogP contribution in [0.25, 0.3) is 22.2 Å². The summed E-state index contributed by atoms with van der Waals surface area (Å²) in [6.07, 6.45) is 6.09. The van der Waals surface area contributed by atoms with Crippen molar-refractivity contribution in [2.24, 2.45) is 5.92 Å². The molecule has 1 saturated carbocycles. The van der Waals surface area contributed by atoms with Crippen molar-refractivity contribution in [3.63, 3.8) is 0 Å². The Morgan fingerprint density at radius 1 is 1.20 bits per heavy atom. The monoisotopic (exact) mass is 334 g/mol. The molecule has 0 saturated heterocycles. The van der Waals surface area contributed by atoms with Crippen molar-refractivity contribution < 1.29 is 14.7 Å². The van der Waals surface area contributed by atoms with Gasteiger partial charge in [0.05, 0.1) is 0 Å². The van der Waals surface area contributed by atoms with Gasteiger partial charge in [-0.2, -0.15) is 0 Å². The van der Waals surface area contributed by atoms with Gasteiger partial charge in [-0.25, -0.2) is 4.98 Å². The van der Waals surface area contributed by atoms with E-state index in [-0.39, 0.29) is 18.1 Å². The molecule has 0 bridgehead atoms. The maximum absolute atomic E-state index is 12.4. The summed E-state index contributed by atoms with van der Waals surface area (Å²) in [6, 6.07) is 9.80. The second-order valence-corrected chi connectivity index (χ2v) is 6.56. The van der Waals surface area contributed by atoms with Gasteiger partial charge in [0.15, 0.2) is 5.78 Å². The minimum atomic E-state index is -0.802. The molecule has 0 unspecified atom stereocenters. The normalized spacial score (nSPS) is 13.9. The molecule has 5 heteroatoms. The summed E-state index contributed by atoms with van der Waals surface area (Å²) in [5.74, 6) is -0.438. The lowest BCUT2D eigenvalue weighted by molar-refractivity contribution is -0.136. The molecule has 1 fully saturated rings. The fourth-order valence-corrected chi connectivity index (χ4v) is 3.09. The predicted molar refractivity (Wildman–Crippen MR) is 94.5 cm³/mol. The minimum Gasteiger partial charge on any atom is -0.481 e. The Morgan fingerprint density at radius 2 is 2.04 bits per heavy atom. The van der Waals surface area contributed by atoms with Gasteiger partial charge in [0, 0.05) is 41.2 Å². The summed E-state index contributed by atoms with van der Waals surface area (Å²) in [7, 11) is 0. The smallest absolute Gasteiger partial charge is 0.303 e. The number of aliphatic carboxylic acids is 1. The summed E-state index contributed by atoms with van der Waals surface area (Å²) in [4.78, 5) is 30.7. The SMILES string of the molecule is O=C(O)CCc1cccc(-c2cnc3[nH]cc(C(=O)C4CC4)c3c2)c1. The van der Waals surface area contributed by atoms with Gasteiger partial charge in [0.1, 0.15) is 5.65 Å². The Kier molecular flexibility index (Phi) is 3.84. The summed E-state index contributed by atoms with van der Waals surface area (Å²) < 4.78 is 0. The second kappa shape index (κ2) is 6.16. The molecule has 0 radical (unpaired) electrons. The molecule has 2 N–H and O–H groups in total. The molecule has 0 spiro atoms. The van der Waals surface area contributed by atoms with E-state index in [2.05, 4.69) is 9.97 Å². The Labute approximate surface area is 144 Å². The van der Waals surface area contributed by atoms with Gasteiger partial charge < -0.3 is 10.1 Å². The third-order valence-electron chi connectivity index (χ3n) is 4.63. The first-order valence-corrected chi connectivity index (χ1v) is 8.44. The molecule has 1 aliphatic carbocycles. The molecule has 2 heterocycles. The van der Waals surface area contributed by atoms with E-state index in [9.17, 15) is 9.59 Å². The van der Waals surface area contributed by atoms with Crippen LogP contribution in [0, 0.1) is 5.92 Å². The van der Waals surface area contributed by atoms with Crippen LogP contribution in [0.15, 0.2) is 42.7 Å². The van der Waals surface area contributed by atoms with E-state index in [1.54, 1.807) is 12.4 Å². The summed E-state index contributed by atoms with van der Waals surface area (Å²) in [5.41, 5.74) is 4.31. The number of carbonyl (C=O) groups is 2. The zero-order valence-corrected chi connectivity index (χ0v) is 13.7. The van der Waals surface area contributed by atoms with Crippen LogP contribution >= 0.6 is 0 Å². The third-order valence-corrected chi connectivity index (χ3v) is 4.63. The van der Waals surface area contributed by atoms with Crippen molar-refractivity contribution in [1.29, 1.82) is 0 Å². The van der Waals surface area contributed by atoms with E-state index in [1.807, 2.05) is 30.3 Å². The molecule has 126 valence electrons. The van der Waals surface area contributed by atoms with Gasteiger partial charge in [-0.1, -0.05) is 24.3 Å². The van der Waals surface area contributed by atoms with Crippen LogP contribution in [0.2, 0.25) is 0 Å². The Bertz CT molecular complexity index is 970. The van der Waals surface area contributed by atoms with Crippen LogP contribution in [0.4, 0.5) is 0 Å². The zero-order chi connectivity index (χ0) is 17.4. The van der Waals surface area contributed by atoms with E-state index in [0.717, 1.165) is 40.6 Å². The van der Waals surface area contributed by atoms with Gasteiger partial charge in [0.2, 0.25) is 0 Å². The van der Waals surface area contributed by atoms with Gasteiger partial charge in [0.25, 0.3) is 0 Å². The van der Waals surface area contributed by atoms with Crippen LogP contribution in [0.1, 0.15) is 35.2 Å². The molecule has 5 nitrogen and oxygen atoms in total. The van der Waals surface area contributed by atoms with E-state index in [0.29, 0.717) is 12.0 Å². The van der Waals surface area contributed by atoms with Gasteiger partial charge in [-0.05, 0) is 36.5 Å². The molecule has 1 aliphatic rings. The predicted octanol–water partition coefficient (Wildman–Crippen LogP) is 3.84. The highest BCUT2D eigenvalue weighted by atomic mass is 16.4. The molecule has 2 aromatic heterocycles. The van der Waals surface area contributed by atoms with Gasteiger partial charge in [-0.3, -0.25) is 9.59 Å². The number of pyridine rings is 1. The van der Waals surface area contributed by atoms with Crippen LogP contribution in [0.3, 0.4) is 0 Å². The van der Waals surface area contributed by atoms with E-state index >= 15 is 0 Å². The summed E-state index contributed by atoms with van der Waals surface area (Å²) in [5, 5.41) is 9.69. The molecular weight excluding hydrogens is 316 g/mol. The number of H-pyrrole nitrogens is 1. The van der Waals surface area contributed by atoms with E-state index in [1.165, 1.54) is 0 Å². The standard InChI is InChI=1S/C20H18N2O3/c23-18(24)7-4-12-2-1-3-14(8-12)15-9-16-17(19(25)13-5-6-13)11-22-20(16)21-10-15/h1-3,8-11,13H,4-7H2,(H,21,22)(H,23,24). The van der Waals surface area contributed by atoms with E-state index < -0.39 is 5.97 Å². The summed E-state index contributed by atoms with van der Waals surface area (Å²) in [6.45, 7) is 0. The lowest BCUT2D eigenvalue weighted by Gasteiger charge is -2.06. The largest absolute Gasteiger partial charge is 0.481 e. The fourth-order valence-electron chi connectivity index (χ4n) is 3.09. The molecule has 0 amide bonds. The van der Waals surface area contributed by atoms with Crippen molar-refractivity contribution in [3.8, 4) is 11.1 Å². The quantitative estimate of drug-likeness (QED) is 0.671. The highest BCUT2D eigenvalue weighted by molar-refractivity contribution is 6.09. The molecule has 25 heavy (non-hydrogen) atoms. The molecular formula is C20H18N2O3. The number of ketones is 1. The number of rotatable bonds is 6. The van der Waals surface area contributed by atoms with Crippen molar-refractivity contribution in [1.82, 2.24) is 9.97 Å². The van der Waals surface area contributed by atoms with Crippen molar-refractivity contribution >= 4 is 22.8 Å². The number of nitrogens with one attached hydrogen (secondary N) is 1. The lowest BCUT2D eigenvalue weighted by atomic mass is 10.00. The summed E-state index contributed by atoms with van der Waals surface area (Å²) >= 11 is 0. The molecule has 1 aromatic carbocycles. The Hall–Kier alpha value is -2.95. The number of carbonyl (C=O) groups excluding carboxylic acids is 1. The van der Waals surface area contributed by atoms with Crippen LogP contribution in [-0.4, -0.2) is 26.8 Å². The zero-order valence-electron chi connectivity index (χ0n) is 13.7. The number of aryl methyl sites for hydroxylation is 1. The average Bonchev–Trinajstić information content (AvgIpc) is 3.39. The van der Waals surface area contributed by atoms with Crippen LogP contribution < -0.4 is 0 Å². The van der Waals surface area contributed by atoms with E-state index in [4.69, 9.17) is 5.11 Å². The van der Waals surface area contributed by atoms with Gasteiger partial charge >= 0.3 is 5.97 Å². The van der Waals surface area contributed by atoms with Crippen LogP contribution in [-0.2, 0) is 11.2 Å². The Morgan fingerprint density at radius 3 is 2.80 bits per heavy atom. The molecule has 0 atom stereocenters. The third kappa shape index (κ3) is 3.18. The lowest BCUT2D eigenvalue weighted by Crippen LogP contribution is -2.00. The molecule has 0 aliphatic heterocycles. The number of nitrogens with zero attached hydrogens (tertiary/aromatic N) is 1. The highest BCUT2D eigenvalue weighted by Gasteiger charge is 2.31. The fraction of sp³-hybridized carbons (Fsp3) is 0.250. The first kappa shape index (κ1) is 15.6. The van der Waals surface area contributed by atoms with Crippen molar-refractivity contribution in [3.05, 3.63) is 53.9 Å². The number of hydrogen-bond donors (Lipinski definition) is 2. The minimum absolute atomic E-state index is 0.110. The first-order valence-electron chi connectivity index (χ1n) is 8.44. The number of carboxylic acids is 1. The highest BCUT2D eigenvalue weighted by Crippen LogP contribution is 2.35. The molecule has 3 aromatic rings. The van der Waals surface area contributed by atoms with Crippen molar-refractivity contribution in [2.75, 3.05) is 0 Å². The maximum Gasteiger partial charge on any atom is 0.303 e. The maximum atomic E-state index is 12.4. The topological polar surface area (TPSA) is 83.0 Å².